The van der Waals surface area contributed by atoms with E-state index in [2.05, 4.69) is 4.98 Å². The Balaban J connectivity index is 1.84. The quantitative estimate of drug-likeness (QED) is 0.383. The van der Waals surface area contributed by atoms with Crippen LogP contribution in [0.5, 0.6) is 5.75 Å². The van der Waals surface area contributed by atoms with Crippen LogP contribution in [-0.4, -0.2) is 33.3 Å². The number of ether oxygens (including phenoxy) is 1. The SMILES string of the molecule is CCOc1cccc(C(O)=C2C(=O)C(=O)N(Cc3ccco3)[C@H]2c2ccncc2)c1. The maximum absolute atomic E-state index is 13.0. The molecule has 1 amide bonds. The van der Waals surface area contributed by atoms with Crippen molar-refractivity contribution in [1.82, 2.24) is 9.88 Å². The molecule has 1 N–H and O–H groups in total. The third-order valence-corrected chi connectivity index (χ3v) is 4.89. The largest absolute Gasteiger partial charge is 0.507 e. The molecule has 1 fully saturated rings. The van der Waals surface area contributed by atoms with Crippen LogP contribution in [0.4, 0.5) is 0 Å². The number of furan rings is 1. The first kappa shape index (κ1) is 19.4. The van der Waals surface area contributed by atoms with E-state index in [1.807, 2.05) is 6.92 Å². The van der Waals surface area contributed by atoms with Gasteiger partial charge in [0.2, 0.25) is 0 Å². The highest BCUT2D eigenvalue weighted by Gasteiger charge is 2.46. The lowest BCUT2D eigenvalue weighted by molar-refractivity contribution is -0.140. The van der Waals surface area contributed by atoms with Gasteiger partial charge in [0.25, 0.3) is 11.7 Å². The molecule has 1 aliphatic heterocycles. The molecule has 1 aliphatic rings. The molecule has 3 heterocycles. The van der Waals surface area contributed by atoms with Crippen molar-refractivity contribution in [3.63, 3.8) is 0 Å². The molecule has 1 saturated heterocycles. The number of ketones is 1. The van der Waals surface area contributed by atoms with E-state index in [0.29, 0.717) is 29.2 Å². The number of aliphatic hydroxyl groups is 1. The molecule has 0 aliphatic carbocycles. The van der Waals surface area contributed by atoms with Crippen molar-refractivity contribution in [2.45, 2.75) is 19.5 Å². The van der Waals surface area contributed by atoms with Gasteiger partial charge < -0.3 is 19.2 Å². The summed E-state index contributed by atoms with van der Waals surface area (Å²) in [6, 6.07) is 12.9. The molecule has 1 atom stereocenters. The summed E-state index contributed by atoms with van der Waals surface area (Å²) in [5.74, 6) is -0.599. The maximum Gasteiger partial charge on any atom is 0.296 e. The zero-order valence-corrected chi connectivity index (χ0v) is 16.3. The van der Waals surface area contributed by atoms with Gasteiger partial charge in [0.15, 0.2) is 0 Å². The van der Waals surface area contributed by atoms with E-state index in [1.165, 1.54) is 11.2 Å². The molecular formula is C23H20N2O5. The topological polar surface area (TPSA) is 92.9 Å². The van der Waals surface area contributed by atoms with Gasteiger partial charge in [-0.25, -0.2) is 0 Å². The molecule has 152 valence electrons. The van der Waals surface area contributed by atoms with Crippen LogP contribution in [-0.2, 0) is 16.1 Å². The number of rotatable bonds is 6. The van der Waals surface area contributed by atoms with Crippen LogP contribution < -0.4 is 4.74 Å². The van der Waals surface area contributed by atoms with Crippen LogP contribution in [0.2, 0.25) is 0 Å². The number of likely N-dealkylation sites (tertiary alicyclic amines) is 1. The van der Waals surface area contributed by atoms with Gasteiger partial charge in [-0.15, -0.1) is 0 Å². The van der Waals surface area contributed by atoms with Gasteiger partial charge in [-0.05, 0) is 48.9 Å². The van der Waals surface area contributed by atoms with Gasteiger partial charge in [0, 0.05) is 18.0 Å². The molecule has 2 aromatic heterocycles. The third kappa shape index (κ3) is 3.57. The molecule has 30 heavy (non-hydrogen) atoms. The van der Waals surface area contributed by atoms with Crippen LogP contribution in [0.3, 0.4) is 0 Å². The molecule has 0 radical (unpaired) electrons. The van der Waals surface area contributed by atoms with Crippen molar-refractivity contribution >= 4 is 17.4 Å². The average molecular weight is 404 g/mol. The molecule has 7 nitrogen and oxygen atoms in total. The van der Waals surface area contributed by atoms with Crippen LogP contribution in [0.15, 0.2) is 77.2 Å². The standard InChI is InChI=1S/C23H20N2O5/c1-2-29-17-6-3-5-16(13-17)21(26)19-20(15-8-10-24-11-9-15)25(23(28)22(19)27)14-18-7-4-12-30-18/h3-13,20,26H,2,14H2,1H3/t20-/m0/s1. The van der Waals surface area contributed by atoms with Crippen LogP contribution >= 0.6 is 0 Å². The third-order valence-electron chi connectivity index (χ3n) is 4.89. The van der Waals surface area contributed by atoms with Gasteiger partial charge in [-0.3, -0.25) is 14.6 Å². The van der Waals surface area contributed by atoms with Crippen molar-refractivity contribution < 1.29 is 23.8 Å². The average Bonchev–Trinajstić information content (AvgIpc) is 3.37. The fourth-order valence-electron chi connectivity index (χ4n) is 3.56. The summed E-state index contributed by atoms with van der Waals surface area (Å²) >= 11 is 0. The van der Waals surface area contributed by atoms with Crippen molar-refractivity contribution in [1.29, 1.82) is 0 Å². The number of carbonyl (C=O) groups is 2. The molecular weight excluding hydrogens is 384 g/mol. The van der Waals surface area contributed by atoms with E-state index in [4.69, 9.17) is 9.15 Å². The molecule has 4 rings (SSSR count). The Morgan fingerprint density at radius 1 is 1.17 bits per heavy atom. The predicted octanol–water partition coefficient (Wildman–Crippen LogP) is 3.70. The molecule has 3 aromatic rings. The second-order valence-electron chi connectivity index (χ2n) is 6.75. The highest BCUT2D eigenvalue weighted by molar-refractivity contribution is 6.46. The Hall–Kier alpha value is -3.87. The Kier molecular flexibility index (Phi) is 5.34. The van der Waals surface area contributed by atoms with Crippen LogP contribution in [0.1, 0.15) is 29.9 Å². The van der Waals surface area contributed by atoms with Crippen molar-refractivity contribution in [2.75, 3.05) is 6.61 Å². The number of carbonyl (C=O) groups excluding carboxylic acids is 2. The van der Waals surface area contributed by atoms with E-state index in [1.54, 1.807) is 60.9 Å². The monoisotopic (exact) mass is 404 g/mol. The number of benzene rings is 1. The van der Waals surface area contributed by atoms with Crippen LogP contribution in [0, 0.1) is 0 Å². The second kappa shape index (κ2) is 8.24. The Labute approximate surface area is 173 Å². The summed E-state index contributed by atoms with van der Waals surface area (Å²) in [5, 5.41) is 11.1. The fourth-order valence-corrected chi connectivity index (χ4v) is 3.56. The van der Waals surface area contributed by atoms with E-state index in [0.717, 1.165) is 0 Å². The van der Waals surface area contributed by atoms with Crippen molar-refractivity contribution in [3.8, 4) is 5.75 Å². The number of hydrogen-bond acceptors (Lipinski definition) is 6. The van der Waals surface area contributed by atoms with Crippen LogP contribution in [0.25, 0.3) is 5.76 Å². The zero-order valence-electron chi connectivity index (χ0n) is 16.3. The van der Waals surface area contributed by atoms with Crippen molar-refractivity contribution in [2.24, 2.45) is 0 Å². The Morgan fingerprint density at radius 2 is 1.97 bits per heavy atom. The molecule has 0 saturated carbocycles. The smallest absolute Gasteiger partial charge is 0.296 e. The minimum absolute atomic E-state index is 0.0198. The van der Waals surface area contributed by atoms with Gasteiger partial charge in [0.1, 0.15) is 17.3 Å². The Morgan fingerprint density at radius 3 is 2.67 bits per heavy atom. The number of aromatic nitrogens is 1. The molecule has 0 unspecified atom stereocenters. The molecule has 1 aromatic carbocycles. The first-order valence-corrected chi connectivity index (χ1v) is 9.54. The zero-order chi connectivity index (χ0) is 21.1. The molecule has 7 heteroatoms. The highest BCUT2D eigenvalue weighted by Crippen LogP contribution is 2.40. The first-order valence-electron chi connectivity index (χ1n) is 9.54. The summed E-state index contributed by atoms with van der Waals surface area (Å²) in [5.41, 5.74) is 1.08. The van der Waals surface area contributed by atoms with Gasteiger partial charge >= 0.3 is 0 Å². The lowest BCUT2D eigenvalue weighted by atomic mass is 9.96. The van der Waals surface area contributed by atoms with Gasteiger partial charge in [-0.1, -0.05) is 12.1 Å². The number of nitrogens with zero attached hydrogens (tertiary/aromatic N) is 2. The summed E-state index contributed by atoms with van der Waals surface area (Å²) in [6.45, 7) is 2.42. The van der Waals surface area contributed by atoms with E-state index < -0.39 is 17.7 Å². The maximum atomic E-state index is 13.0. The summed E-state index contributed by atoms with van der Waals surface area (Å²) in [4.78, 5) is 31.3. The minimum Gasteiger partial charge on any atom is -0.507 e. The summed E-state index contributed by atoms with van der Waals surface area (Å²) < 4.78 is 10.9. The first-order chi connectivity index (χ1) is 14.6. The lowest BCUT2D eigenvalue weighted by Gasteiger charge is -2.24. The molecule has 0 spiro atoms. The van der Waals surface area contributed by atoms with Gasteiger partial charge in [-0.2, -0.15) is 0 Å². The predicted molar refractivity (Wildman–Crippen MR) is 108 cm³/mol. The van der Waals surface area contributed by atoms with Crippen molar-refractivity contribution in [3.05, 3.63) is 89.6 Å². The fraction of sp³-hybridized carbons (Fsp3) is 0.174. The van der Waals surface area contributed by atoms with Gasteiger partial charge in [0.05, 0.1) is 31.0 Å². The summed E-state index contributed by atoms with van der Waals surface area (Å²) in [7, 11) is 0. The normalized spacial score (nSPS) is 18.0. The van der Waals surface area contributed by atoms with E-state index >= 15 is 0 Å². The number of amides is 1. The van der Waals surface area contributed by atoms with E-state index in [-0.39, 0.29) is 17.9 Å². The number of Topliss-reactive ketones (excluding diaryl/α,β-unsaturated/α-hetero) is 1. The Bertz CT molecular complexity index is 1090. The summed E-state index contributed by atoms with van der Waals surface area (Å²) in [6.07, 6.45) is 4.67. The number of aliphatic hydroxyl groups excluding tert-OH is 1. The minimum atomic E-state index is -0.770. The highest BCUT2D eigenvalue weighted by atomic mass is 16.5. The number of pyridine rings is 1. The lowest BCUT2D eigenvalue weighted by Crippen LogP contribution is -2.29. The molecule has 0 bridgehead atoms. The number of hydrogen-bond donors (Lipinski definition) is 1. The second-order valence-corrected chi connectivity index (χ2v) is 6.75. The van der Waals surface area contributed by atoms with E-state index in [9.17, 15) is 14.7 Å².